The minimum Gasteiger partial charge on any atom is -0.475 e. The lowest BCUT2D eigenvalue weighted by molar-refractivity contribution is 0.217. The predicted molar refractivity (Wildman–Crippen MR) is 140 cm³/mol. The van der Waals surface area contributed by atoms with Crippen molar-refractivity contribution < 1.29 is 4.74 Å². The Kier molecular flexibility index (Phi) is 5.35. The van der Waals surface area contributed by atoms with Gasteiger partial charge in [0.25, 0.3) is 0 Å². The van der Waals surface area contributed by atoms with Crippen LogP contribution < -0.4 is 4.90 Å². The number of anilines is 1. The van der Waals surface area contributed by atoms with Crippen LogP contribution in [0.3, 0.4) is 0 Å². The molecule has 0 fully saturated rings. The second-order valence-electron chi connectivity index (χ2n) is 10.5. The van der Waals surface area contributed by atoms with Crippen molar-refractivity contribution in [2.45, 2.75) is 60.3 Å². The Balaban J connectivity index is 1.81. The van der Waals surface area contributed by atoms with Gasteiger partial charge in [0, 0.05) is 17.0 Å². The molecule has 2 aliphatic heterocycles. The van der Waals surface area contributed by atoms with Gasteiger partial charge in [-0.15, -0.1) is 0 Å². The summed E-state index contributed by atoms with van der Waals surface area (Å²) in [4.78, 5) is 2.35. The van der Waals surface area contributed by atoms with Gasteiger partial charge in [0.1, 0.15) is 5.76 Å². The maximum absolute atomic E-state index is 6.23. The standard InChI is InChI=1S/C31H35NO/c1-18(2)23-9-8-10-24(19(3)4)29(23)22-12-13-25-26(16-22)27-15-21(7)11-14-28(27)32-17-33-31(20(5)6)30(25)32/h8-16,18-20H,17H2,1-7H3. The number of aryl methyl sites for hydroxylation is 1. The van der Waals surface area contributed by atoms with Crippen LogP contribution >= 0.6 is 0 Å². The molecule has 0 radical (unpaired) electrons. The zero-order valence-electron chi connectivity index (χ0n) is 21.0. The van der Waals surface area contributed by atoms with Crippen molar-refractivity contribution in [2.75, 3.05) is 11.6 Å². The maximum Gasteiger partial charge on any atom is 0.165 e. The van der Waals surface area contributed by atoms with E-state index in [9.17, 15) is 0 Å². The van der Waals surface area contributed by atoms with Crippen LogP contribution in [-0.2, 0) is 4.74 Å². The minimum absolute atomic E-state index is 0.346. The van der Waals surface area contributed by atoms with Gasteiger partial charge in [0.15, 0.2) is 6.73 Å². The Morgan fingerprint density at radius 2 is 1.42 bits per heavy atom. The number of ether oxygens (including phenoxy) is 1. The highest BCUT2D eigenvalue weighted by Gasteiger charge is 2.35. The summed E-state index contributed by atoms with van der Waals surface area (Å²) in [6.45, 7) is 16.4. The first-order valence-corrected chi connectivity index (χ1v) is 12.3. The van der Waals surface area contributed by atoms with E-state index in [1.807, 2.05) is 0 Å². The van der Waals surface area contributed by atoms with Crippen molar-refractivity contribution in [3.63, 3.8) is 0 Å². The normalized spacial score (nSPS) is 14.7. The van der Waals surface area contributed by atoms with Gasteiger partial charge >= 0.3 is 0 Å². The maximum atomic E-state index is 6.23. The van der Waals surface area contributed by atoms with Gasteiger partial charge in [0.05, 0.1) is 11.4 Å². The molecule has 5 rings (SSSR count). The fraction of sp³-hybridized carbons (Fsp3) is 0.355. The summed E-state index contributed by atoms with van der Waals surface area (Å²) in [7, 11) is 0. The average Bonchev–Trinajstić information content (AvgIpc) is 3.24. The molecule has 0 saturated heterocycles. The van der Waals surface area contributed by atoms with Crippen LogP contribution in [-0.4, -0.2) is 6.73 Å². The fourth-order valence-corrected chi connectivity index (χ4v) is 5.42. The summed E-state index contributed by atoms with van der Waals surface area (Å²) >= 11 is 0. The van der Waals surface area contributed by atoms with Gasteiger partial charge in [-0.05, 0) is 64.8 Å². The number of benzene rings is 3. The van der Waals surface area contributed by atoms with Crippen molar-refractivity contribution in [1.29, 1.82) is 0 Å². The number of hydrogen-bond acceptors (Lipinski definition) is 2. The molecule has 0 spiro atoms. The molecule has 0 bridgehead atoms. The molecule has 2 nitrogen and oxygen atoms in total. The van der Waals surface area contributed by atoms with Gasteiger partial charge in [-0.2, -0.15) is 0 Å². The summed E-state index contributed by atoms with van der Waals surface area (Å²) in [6.07, 6.45) is 0. The third kappa shape index (κ3) is 3.47. The van der Waals surface area contributed by atoms with Crippen LogP contribution in [0.4, 0.5) is 5.69 Å². The molecule has 2 aliphatic rings. The second kappa shape index (κ2) is 8.09. The Hall–Kier alpha value is -3.00. The Labute approximate surface area is 198 Å². The Morgan fingerprint density at radius 1 is 0.727 bits per heavy atom. The predicted octanol–water partition coefficient (Wildman–Crippen LogP) is 8.71. The van der Waals surface area contributed by atoms with Gasteiger partial charge < -0.3 is 9.64 Å². The number of nitrogens with zero attached hydrogens (tertiary/aromatic N) is 1. The molecule has 0 saturated carbocycles. The fourth-order valence-electron chi connectivity index (χ4n) is 5.42. The molecule has 2 heterocycles. The highest BCUT2D eigenvalue weighted by atomic mass is 16.5. The van der Waals surface area contributed by atoms with Crippen molar-refractivity contribution in [1.82, 2.24) is 0 Å². The number of fused-ring (bicyclic) bond motifs is 6. The van der Waals surface area contributed by atoms with Crippen molar-refractivity contribution in [3.05, 3.63) is 82.6 Å². The van der Waals surface area contributed by atoms with E-state index in [0.717, 1.165) is 5.76 Å². The van der Waals surface area contributed by atoms with Crippen LogP contribution in [0.5, 0.6) is 0 Å². The number of hydrogen-bond donors (Lipinski definition) is 0. The summed E-state index contributed by atoms with van der Waals surface area (Å²) in [5.41, 5.74) is 13.2. The lowest BCUT2D eigenvalue weighted by Gasteiger charge is -2.31. The van der Waals surface area contributed by atoms with E-state index in [1.165, 1.54) is 55.9 Å². The van der Waals surface area contributed by atoms with Gasteiger partial charge in [0.2, 0.25) is 0 Å². The van der Waals surface area contributed by atoms with Gasteiger partial charge in [-0.25, -0.2) is 0 Å². The SMILES string of the molecule is Cc1ccc2c(c1)-c1cc(-c3c(C(C)C)cccc3C(C)C)ccc1C1=C(C(C)C)OCN12. The average molecular weight is 438 g/mol. The van der Waals surface area contributed by atoms with Crippen LogP contribution in [0.15, 0.2) is 60.4 Å². The third-order valence-electron chi connectivity index (χ3n) is 7.05. The number of rotatable bonds is 4. The van der Waals surface area contributed by atoms with E-state index >= 15 is 0 Å². The number of allylic oxidation sites excluding steroid dienone is 1. The van der Waals surface area contributed by atoms with Gasteiger partial charge in [-0.1, -0.05) is 83.5 Å². The summed E-state index contributed by atoms with van der Waals surface area (Å²) in [5, 5.41) is 0. The van der Waals surface area contributed by atoms with Crippen LogP contribution in [0.2, 0.25) is 0 Å². The molecule has 0 N–H and O–H groups in total. The van der Waals surface area contributed by atoms with Crippen molar-refractivity contribution in [3.8, 4) is 22.3 Å². The quantitative estimate of drug-likeness (QED) is 0.405. The summed E-state index contributed by atoms with van der Waals surface area (Å²) < 4.78 is 6.23. The summed E-state index contributed by atoms with van der Waals surface area (Å²) in [6, 6.07) is 20.7. The highest BCUT2D eigenvalue weighted by molar-refractivity contribution is 6.01. The monoisotopic (exact) mass is 437 g/mol. The van der Waals surface area contributed by atoms with E-state index < -0.39 is 0 Å². The topological polar surface area (TPSA) is 12.5 Å². The molecule has 2 heteroatoms. The molecule has 170 valence electrons. The van der Waals surface area contributed by atoms with Crippen LogP contribution in [0.25, 0.3) is 28.0 Å². The van der Waals surface area contributed by atoms with Crippen molar-refractivity contribution >= 4 is 11.4 Å². The first kappa shape index (κ1) is 21.8. The van der Waals surface area contributed by atoms with Crippen LogP contribution in [0, 0.1) is 12.8 Å². The molecule has 0 atom stereocenters. The molecule has 0 unspecified atom stereocenters. The molecule has 0 amide bonds. The zero-order valence-corrected chi connectivity index (χ0v) is 21.0. The molecular weight excluding hydrogens is 402 g/mol. The first-order chi connectivity index (χ1) is 15.8. The van der Waals surface area contributed by atoms with Gasteiger partial charge in [-0.3, -0.25) is 0 Å². The lowest BCUT2D eigenvalue weighted by Crippen LogP contribution is -2.22. The zero-order chi connectivity index (χ0) is 23.4. The van der Waals surface area contributed by atoms with E-state index in [1.54, 1.807) is 0 Å². The Morgan fingerprint density at radius 3 is 2.06 bits per heavy atom. The molecule has 0 aromatic heterocycles. The molecule has 0 aliphatic carbocycles. The van der Waals surface area contributed by atoms with E-state index in [4.69, 9.17) is 4.74 Å². The van der Waals surface area contributed by atoms with E-state index in [-0.39, 0.29) is 0 Å². The minimum atomic E-state index is 0.346. The van der Waals surface area contributed by atoms with Crippen LogP contribution in [0.1, 0.15) is 75.6 Å². The summed E-state index contributed by atoms with van der Waals surface area (Å²) in [5.74, 6) is 2.39. The van der Waals surface area contributed by atoms with Crippen molar-refractivity contribution in [2.24, 2.45) is 5.92 Å². The molecule has 33 heavy (non-hydrogen) atoms. The molecule has 3 aromatic carbocycles. The lowest BCUT2D eigenvalue weighted by atomic mass is 9.82. The highest BCUT2D eigenvalue weighted by Crippen LogP contribution is 2.50. The third-order valence-corrected chi connectivity index (χ3v) is 7.05. The first-order valence-electron chi connectivity index (χ1n) is 12.3. The van der Waals surface area contributed by atoms with E-state index in [2.05, 4.69) is 108 Å². The molecule has 3 aromatic rings. The van der Waals surface area contributed by atoms with E-state index in [0.29, 0.717) is 24.5 Å². The smallest absolute Gasteiger partial charge is 0.165 e. The second-order valence-corrected chi connectivity index (χ2v) is 10.5. The largest absolute Gasteiger partial charge is 0.475 e. The Bertz CT molecular complexity index is 1240. The molecular formula is C31H35NO.